The molecule has 1 aromatic rings. The molecule has 4 nitrogen and oxygen atoms in total. The molecule has 0 spiro atoms. The Morgan fingerprint density at radius 1 is 1.35 bits per heavy atom. The molecule has 2 N–H and O–H groups in total. The summed E-state index contributed by atoms with van der Waals surface area (Å²) in [4.78, 5) is 2.39. The monoisotopic (exact) mass is 236 g/mol. The maximum Gasteiger partial charge on any atom is 0.150 e. The van der Waals surface area contributed by atoms with Crippen LogP contribution in [0.4, 0.5) is 11.5 Å². The molecular formula is C13H24N4. The lowest BCUT2D eigenvalue weighted by Crippen LogP contribution is -2.34. The highest BCUT2D eigenvalue weighted by atomic mass is 15.4. The standard InChI is InChI=1S/C13H24N4/c1-4-5-11-12(14)13(16(3)15-11)17-8-6-10(2)7-9-17/h10H,4-9,14H2,1-3H3. The van der Waals surface area contributed by atoms with Crippen LogP contribution in [-0.2, 0) is 13.5 Å². The average molecular weight is 236 g/mol. The zero-order valence-electron chi connectivity index (χ0n) is 11.2. The summed E-state index contributed by atoms with van der Waals surface area (Å²) in [5, 5.41) is 4.54. The lowest BCUT2D eigenvalue weighted by Gasteiger charge is -2.32. The second-order valence-electron chi connectivity index (χ2n) is 5.23. The molecule has 0 aromatic carbocycles. The van der Waals surface area contributed by atoms with Gasteiger partial charge in [-0.3, -0.25) is 4.68 Å². The summed E-state index contributed by atoms with van der Waals surface area (Å²) in [5.74, 6) is 1.97. The van der Waals surface area contributed by atoms with Gasteiger partial charge in [0.05, 0.1) is 11.4 Å². The molecule has 0 amide bonds. The van der Waals surface area contributed by atoms with Gasteiger partial charge in [-0.15, -0.1) is 0 Å². The third-order valence-corrected chi connectivity index (χ3v) is 3.70. The summed E-state index contributed by atoms with van der Waals surface area (Å²) >= 11 is 0. The van der Waals surface area contributed by atoms with Crippen LogP contribution in [0.1, 0.15) is 38.8 Å². The topological polar surface area (TPSA) is 47.1 Å². The minimum atomic E-state index is 0.843. The van der Waals surface area contributed by atoms with Crippen molar-refractivity contribution >= 4 is 11.5 Å². The van der Waals surface area contributed by atoms with E-state index in [0.29, 0.717) is 0 Å². The lowest BCUT2D eigenvalue weighted by molar-refractivity contribution is 0.433. The fourth-order valence-corrected chi connectivity index (χ4v) is 2.60. The Morgan fingerprint density at radius 2 is 2.00 bits per heavy atom. The van der Waals surface area contributed by atoms with Crippen LogP contribution in [0.2, 0.25) is 0 Å². The van der Waals surface area contributed by atoms with Crippen LogP contribution in [-0.4, -0.2) is 22.9 Å². The molecule has 1 saturated heterocycles. The highest BCUT2D eigenvalue weighted by molar-refractivity contribution is 5.66. The number of piperidine rings is 1. The van der Waals surface area contributed by atoms with Gasteiger partial charge >= 0.3 is 0 Å². The first-order valence-corrected chi connectivity index (χ1v) is 6.69. The molecule has 0 saturated carbocycles. The van der Waals surface area contributed by atoms with Gasteiger partial charge < -0.3 is 10.6 Å². The minimum absolute atomic E-state index is 0.843. The smallest absolute Gasteiger partial charge is 0.150 e. The molecule has 0 radical (unpaired) electrons. The van der Waals surface area contributed by atoms with Gasteiger partial charge in [-0.2, -0.15) is 5.10 Å². The first kappa shape index (κ1) is 12.3. The van der Waals surface area contributed by atoms with Gasteiger partial charge in [0.15, 0.2) is 0 Å². The molecule has 0 aliphatic carbocycles. The Bertz CT molecular complexity index is 375. The van der Waals surface area contributed by atoms with Crippen molar-refractivity contribution in [1.82, 2.24) is 9.78 Å². The number of nitrogens with zero attached hydrogens (tertiary/aromatic N) is 3. The van der Waals surface area contributed by atoms with Crippen molar-refractivity contribution < 1.29 is 0 Å². The fraction of sp³-hybridized carbons (Fsp3) is 0.769. The number of aromatic nitrogens is 2. The van der Waals surface area contributed by atoms with Crippen LogP contribution in [0, 0.1) is 5.92 Å². The number of hydrogen-bond donors (Lipinski definition) is 1. The first-order chi connectivity index (χ1) is 8.13. The number of hydrogen-bond acceptors (Lipinski definition) is 3. The molecule has 0 atom stereocenters. The van der Waals surface area contributed by atoms with Crippen molar-refractivity contribution in [3.8, 4) is 0 Å². The fourth-order valence-electron chi connectivity index (χ4n) is 2.60. The summed E-state index contributed by atoms with van der Waals surface area (Å²) in [7, 11) is 2.00. The largest absolute Gasteiger partial charge is 0.394 e. The highest BCUT2D eigenvalue weighted by Gasteiger charge is 2.22. The van der Waals surface area contributed by atoms with E-state index in [1.165, 1.54) is 12.8 Å². The van der Waals surface area contributed by atoms with Crippen molar-refractivity contribution in [2.24, 2.45) is 13.0 Å². The SMILES string of the molecule is CCCc1nn(C)c(N2CCC(C)CC2)c1N. The third-order valence-electron chi connectivity index (χ3n) is 3.70. The van der Waals surface area contributed by atoms with Gasteiger partial charge in [-0.05, 0) is 25.2 Å². The second-order valence-corrected chi connectivity index (χ2v) is 5.23. The van der Waals surface area contributed by atoms with Crippen LogP contribution < -0.4 is 10.6 Å². The van der Waals surface area contributed by atoms with E-state index in [9.17, 15) is 0 Å². The average Bonchev–Trinajstić information content (AvgIpc) is 2.57. The number of nitrogens with two attached hydrogens (primary N) is 1. The van der Waals surface area contributed by atoms with Gasteiger partial charge in [0.2, 0.25) is 0 Å². The predicted octanol–water partition coefficient (Wildman–Crippen LogP) is 2.19. The van der Waals surface area contributed by atoms with E-state index in [0.717, 1.165) is 49.0 Å². The second kappa shape index (κ2) is 4.98. The van der Waals surface area contributed by atoms with Crippen molar-refractivity contribution in [3.05, 3.63) is 5.69 Å². The van der Waals surface area contributed by atoms with E-state index in [2.05, 4.69) is 23.8 Å². The Morgan fingerprint density at radius 3 is 2.59 bits per heavy atom. The molecule has 1 aliphatic heterocycles. The van der Waals surface area contributed by atoms with Gasteiger partial charge in [0.25, 0.3) is 0 Å². The molecule has 4 heteroatoms. The third kappa shape index (κ3) is 2.40. The van der Waals surface area contributed by atoms with E-state index in [4.69, 9.17) is 5.73 Å². The first-order valence-electron chi connectivity index (χ1n) is 6.69. The van der Waals surface area contributed by atoms with E-state index in [1.54, 1.807) is 0 Å². The van der Waals surface area contributed by atoms with Crippen LogP contribution >= 0.6 is 0 Å². The highest BCUT2D eigenvalue weighted by Crippen LogP contribution is 2.30. The Labute approximate surface area is 104 Å². The summed E-state index contributed by atoms with van der Waals surface area (Å²) in [5.41, 5.74) is 8.18. The maximum atomic E-state index is 6.23. The zero-order chi connectivity index (χ0) is 12.4. The van der Waals surface area contributed by atoms with Gasteiger partial charge in [-0.1, -0.05) is 20.3 Å². The Hall–Kier alpha value is -1.19. The van der Waals surface area contributed by atoms with Crippen LogP contribution in [0.25, 0.3) is 0 Å². The van der Waals surface area contributed by atoms with E-state index >= 15 is 0 Å². The van der Waals surface area contributed by atoms with Crippen molar-refractivity contribution in [2.45, 2.75) is 39.5 Å². The Kier molecular flexibility index (Phi) is 3.60. The van der Waals surface area contributed by atoms with Crippen molar-refractivity contribution in [3.63, 3.8) is 0 Å². The minimum Gasteiger partial charge on any atom is -0.394 e. The molecule has 1 aliphatic rings. The molecule has 0 unspecified atom stereocenters. The number of aryl methyl sites for hydroxylation is 2. The normalized spacial score (nSPS) is 17.7. The molecule has 0 bridgehead atoms. The summed E-state index contributed by atoms with van der Waals surface area (Å²) in [6.45, 7) is 6.70. The molecule has 1 fully saturated rings. The Balaban J connectivity index is 2.20. The van der Waals surface area contributed by atoms with Gasteiger partial charge in [0.1, 0.15) is 5.82 Å². The predicted molar refractivity (Wildman–Crippen MR) is 72.2 cm³/mol. The molecular weight excluding hydrogens is 212 g/mol. The number of nitrogen functional groups attached to an aromatic ring is 1. The summed E-state index contributed by atoms with van der Waals surface area (Å²) in [6, 6.07) is 0. The van der Waals surface area contributed by atoms with Crippen LogP contribution in [0.3, 0.4) is 0 Å². The van der Waals surface area contributed by atoms with E-state index < -0.39 is 0 Å². The van der Waals surface area contributed by atoms with Gasteiger partial charge in [-0.25, -0.2) is 0 Å². The van der Waals surface area contributed by atoms with Gasteiger partial charge in [0, 0.05) is 20.1 Å². The molecule has 2 heterocycles. The summed E-state index contributed by atoms with van der Waals surface area (Å²) in [6.07, 6.45) is 4.59. The molecule has 2 rings (SSSR count). The molecule has 1 aromatic heterocycles. The number of anilines is 2. The van der Waals surface area contributed by atoms with Crippen molar-refractivity contribution in [1.29, 1.82) is 0 Å². The van der Waals surface area contributed by atoms with Crippen molar-refractivity contribution in [2.75, 3.05) is 23.7 Å². The molecule has 96 valence electrons. The van der Waals surface area contributed by atoms with Crippen LogP contribution in [0.5, 0.6) is 0 Å². The molecule has 17 heavy (non-hydrogen) atoms. The summed E-state index contributed by atoms with van der Waals surface area (Å²) < 4.78 is 1.95. The number of rotatable bonds is 3. The quantitative estimate of drug-likeness (QED) is 0.875. The van der Waals surface area contributed by atoms with E-state index in [1.807, 2.05) is 11.7 Å². The maximum absolute atomic E-state index is 6.23. The lowest BCUT2D eigenvalue weighted by atomic mass is 9.99. The van der Waals surface area contributed by atoms with Crippen LogP contribution in [0.15, 0.2) is 0 Å². The zero-order valence-corrected chi connectivity index (χ0v) is 11.2. The van der Waals surface area contributed by atoms with E-state index in [-0.39, 0.29) is 0 Å².